The molecule has 0 spiro atoms. The van der Waals surface area contributed by atoms with E-state index in [4.69, 9.17) is 9.97 Å². The lowest BCUT2D eigenvalue weighted by Gasteiger charge is -2.35. The normalized spacial score (nSPS) is 17.2. The lowest BCUT2D eigenvalue weighted by Crippen LogP contribution is -2.41. The second-order valence-corrected chi connectivity index (χ2v) is 7.18. The molecule has 1 aliphatic heterocycles. The predicted octanol–water partition coefficient (Wildman–Crippen LogP) is 2.44. The van der Waals surface area contributed by atoms with Crippen LogP contribution in [-0.4, -0.2) is 48.9 Å². The lowest BCUT2D eigenvalue weighted by atomic mass is 10.0. The van der Waals surface area contributed by atoms with Gasteiger partial charge in [-0.3, -0.25) is 4.98 Å². The van der Waals surface area contributed by atoms with Crippen LogP contribution in [0.4, 0.5) is 11.9 Å². The zero-order chi connectivity index (χ0) is 19.3. The highest BCUT2D eigenvalue weighted by Crippen LogP contribution is 2.26. The van der Waals surface area contributed by atoms with Crippen LogP contribution in [0.25, 0.3) is 5.65 Å². The second kappa shape index (κ2) is 8.52. The summed E-state index contributed by atoms with van der Waals surface area (Å²) in [7, 11) is 0. The fraction of sp³-hybridized carbons (Fsp3) is 0.500. The van der Waals surface area contributed by atoms with Gasteiger partial charge in [-0.2, -0.15) is 19.6 Å². The Bertz CT molecular complexity index is 910. The SMILES string of the molecule is CCc1cnn2c(NCc3cccnc3)nc(N3CCCC[C@H]3CCO)nc12. The molecule has 1 saturated heterocycles. The highest BCUT2D eigenvalue weighted by atomic mass is 16.3. The Morgan fingerprint density at radius 2 is 2.18 bits per heavy atom. The van der Waals surface area contributed by atoms with Gasteiger partial charge in [-0.25, -0.2) is 0 Å². The van der Waals surface area contributed by atoms with Gasteiger partial charge in [0.25, 0.3) is 0 Å². The summed E-state index contributed by atoms with van der Waals surface area (Å²) in [4.78, 5) is 16.1. The molecular weight excluding hydrogens is 354 g/mol. The number of hydrogen-bond donors (Lipinski definition) is 2. The predicted molar refractivity (Wildman–Crippen MR) is 108 cm³/mol. The van der Waals surface area contributed by atoms with Crippen LogP contribution in [0, 0.1) is 0 Å². The summed E-state index contributed by atoms with van der Waals surface area (Å²) in [5.74, 6) is 1.39. The summed E-state index contributed by atoms with van der Waals surface area (Å²) in [5, 5.41) is 17.4. The summed E-state index contributed by atoms with van der Waals surface area (Å²) >= 11 is 0. The van der Waals surface area contributed by atoms with Crippen LogP contribution in [0.3, 0.4) is 0 Å². The number of anilines is 2. The van der Waals surface area contributed by atoms with E-state index in [1.807, 2.05) is 24.5 Å². The van der Waals surface area contributed by atoms with Crippen LogP contribution in [0.15, 0.2) is 30.7 Å². The highest BCUT2D eigenvalue weighted by molar-refractivity contribution is 5.55. The number of hydrogen-bond acceptors (Lipinski definition) is 7. The maximum absolute atomic E-state index is 9.47. The van der Waals surface area contributed by atoms with E-state index in [9.17, 15) is 5.11 Å². The minimum absolute atomic E-state index is 0.183. The molecule has 3 aromatic rings. The molecule has 1 atom stereocenters. The van der Waals surface area contributed by atoms with Crippen LogP contribution in [0.1, 0.15) is 43.7 Å². The summed E-state index contributed by atoms with van der Waals surface area (Å²) < 4.78 is 1.78. The van der Waals surface area contributed by atoms with E-state index >= 15 is 0 Å². The molecule has 2 N–H and O–H groups in total. The summed E-state index contributed by atoms with van der Waals surface area (Å²) in [6.07, 6.45) is 10.4. The molecule has 148 valence electrons. The zero-order valence-corrected chi connectivity index (χ0v) is 16.3. The van der Waals surface area contributed by atoms with E-state index in [2.05, 4.69) is 27.2 Å². The Kier molecular flexibility index (Phi) is 5.66. The Morgan fingerprint density at radius 3 is 2.96 bits per heavy atom. The molecule has 0 bridgehead atoms. The molecule has 8 nitrogen and oxygen atoms in total. The molecule has 4 heterocycles. The van der Waals surface area contributed by atoms with Crippen LogP contribution in [-0.2, 0) is 13.0 Å². The van der Waals surface area contributed by atoms with E-state index in [0.29, 0.717) is 12.5 Å². The number of aromatic nitrogens is 5. The number of pyridine rings is 1. The van der Waals surface area contributed by atoms with Crippen molar-refractivity contribution in [2.75, 3.05) is 23.4 Å². The molecule has 3 aromatic heterocycles. The number of fused-ring (bicyclic) bond motifs is 1. The zero-order valence-electron chi connectivity index (χ0n) is 16.3. The van der Waals surface area contributed by atoms with Crippen LogP contribution < -0.4 is 10.2 Å². The molecule has 1 aliphatic rings. The maximum Gasteiger partial charge on any atom is 0.230 e. The third-order valence-electron chi connectivity index (χ3n) is 5.33. The largest absolute Gasteiger partial charge is 0.396 e. The number of nitrogens with zero attached hydrogens (tertiary/aromatic N) is 6. The Balaban J connectivity index is 1.70. The monoisotopic (exact) mass is 381 g/mol. The van der Waals surface area contributed by atoms with E-state index in [0.717, 1.165) is 55.0 Å². The second-order valence-electron chi connectivity index (χ2n) is 7.18. The van der Waals surface area contributed by atoms with Gasteiger partial charge in [0.1, 0.15) is 0 Å². The van der Waals surface area contributed by atoms with Gasteiger partial charge in [0.15, 0.2) is 5.65 Å². The third-order valence-corrected chi connectivity index (χ3v) is 5.33. The van der Waals surface area contributed by atoms with Gasteiger partial charge < -0.3 is 15.3 Å². The number of nitrogens with one attached hydrogen (secondary N) is 1. The number of piperidine rings is 1. The first kappa shape index (κ1) is 18.6. The first-order valence-electron chi connectivity index (χ1n) is 10.0. The fourth-order valence-electron chi connectivity index (χ4n) is 3.80. The van der Waals surface area contributed by atoms with Gasteiger partial charge in [-0.15, -0.1) is 0 Å². The molecule has 28 heavy (non-hydrogen) atoms. The average Bonchev–Trinajstić information content (AvgIpc) is 3.16. The van der Waals surface area contributed by atoms with Gasteiger partial charge in [0.2, 0.25) is 11.9 Å². The molecule has 4 rings (SSSR count). The summed E-state index contributed by atoms with van der Waals surface area (Å²) in [5.41, 5.74) is 3.02. The van der Waals surface area contributed by atoms with Crippen molar-refractivity contribution >= 4 is 17.5 Å². The molecule has 0 saturated carbocycles. The van der Waals surface area contributed by atoms with Crippen molar-refractivity contribution in [3.05, 3.63) is 41.9 Å². The molecule has 1 fully saturated rings. The van der Waals surface area contributed by atoms with Crippen molar-refractivity contribution in [3.63, 3.8) is 0 Å². The smallest absolute Gasteiger partial charge is 0.230 e. The summed E-state index contributed by atoms with van der Waals surface area (Å²) in [6.45, 7) is 3.82. The number of aliphatic hydroxyl groups is 1. The average molecular weight is 381 g/mol. The molecule has 0 aromatic carbocycles. The minimum atomic E-state index is 0.183. The number of rotatable bonds is 7. The van der Waals surface area contributed by atoms with E-state index in [1.165, 1.54) is 6.42 Å². The van der Waals surface area contributed by atoms with Crippen molar-refractivity contribution in [2.24, 2.45) is 0 Å². The van der Waals surface area contributed by atoms with Crippen molar-refractivity contribution in [3.8, 4) is 0 Å². The minimum Gasteiger partial charge on any atom is -0.396 e. The maximum atomic E-state index is 9.47. The third kappa shape index (κ3) is 3.77. The van der Waals surface area contributed by atoms with Crippen LogP contribution >= 0.6 is 0 Å². The highest BCUT2D eigenvalue weighted by Gasteiger charge is 2.26. The molecule has 0 aliphatic carbocycles. The molecular formula is C20H27N7O. The van der Waals surface area contributed by atoms with Crippen LogP contribution in [0.5, 0.6) is 0 Å². The van der Waals surface area contributed by atoms with Crippen molar-refractivity contribution in [1.29, 1.82) is 0 Å². The standard InChI is InChI=1S/C20H27N7O/c1-2-16-14-23-27-18(16)24-20(26-10-4-3-7-17(26)8-11-28)25-19(27)22-13-15-6-5-9-21-12-15/h5-6,9,12,14,17,28H,2-4,7-8,10-11,13H2,1H3,(H,22,24,25)/t17-/m0/s1. The number of aryl methyl sites for hydroxylation is 1. The van der Waals surface area contributed by atoms with E-state index in [-0.39, 0.29) is 12.6 Å². The van der Waals surface area contributed by atoms with Gasteiger partial charge in [0.05, 0.1) is 6.20 Å². The van der Waals surface area contributed by atoms with Crippen LogP contribution in [0.2, 0.25) is 0 Å². The molecule has 0 amide bonds. The topological polar surface area (TPSA) is 91.5 Å². The fourth-order valence-corrected chi connectivity index (χ4v) is 3.80. The van der Waals surface area contributed by atoms with Crippen molar-refractivity contribution < 1.29 is 5.11 Å². The first-order valence-corrected chi connectivity index (χ1v) is 10.0. The van der Waals surface area contributed by atoms with Gasteiger partial charge in [0, 0.05) is 43.7 Å². The van der Waals surface area contributed by atoms with E-state index in [1.54, 1.807) is 10.7 Å². The quantitative estimate of drug-likeness (QED) is 0.649. The molecule has 0 radical (unpaired) electrons. The Morgan fingerprint density at radius 1 is 1.25 bits per heavy atom. The van der Waals surface area contributed by atoms with Crippen molar-refractivity contribution in [2.45, 2.75) is 51.6 Å². The number of aliphatic hydroxyl groups excluding tert-OH is 1. The van der Waals surface area contributed by atoms with Gasteiger partial charge >= 0.3 is 0 Å². The van der Waals surface area contributed by atoms with E-state index < -0.39 is 0 Å². The first-order chi connectivity index (χ1) is 13.8. The van der Waals surface area contributed by atoms with Gasteiger partial charge in [-0.1, -0.05) is 13.0 Å². The Hall–Kier alpha value is -2.74. The Labute approximate surface area is 164 Å². The molecule has 8 heteroatoms. The van der Waals surface area contributed by atoms with Crippen molar-refractivity contribution in [1.82, 2.24) is 24.6 Å². The van der Waals surface area contributed by atoms with Gasteiger partial charge in [-0.05, 0) is 43.7 Å². The molecule has 0 unspecified atom stereocenters. The summed E-state index contributed by atoms with van der Waals surface area (Å²) in [6, 6.07) is 4.23. The lowest BCUT2D eigenvalue weighted by molar-refractivity contribution is 0.261.